The zero-order valence-electron chi connectivity index (χ0n) is 16.9. The molecule has 2 rings (SSSR count). The number of nitrogens with zero attached hydrogens (tertiary/aromatic N) is 2. The summed E-state index contributed by atoms with van der Waals surface area (Å²) in [6.07, 6.45) is 0.655. The summed E-state index contributed by atoms with van der Waals surface area (Å²) in [5, 5.41) is 17.3. The van der Waals surface area contributed by atoms with Gasteiger partial charge in [-0.3, -0.25) is 14.9 Å². The van der Waals surface area contributed by atoms with E-state index in [1.807, 2.05) is 26.0 Å². The van der Waals surface area contributed by atoms with E-state index in [0.717, 1.165) is 5.56 Å². The number of nitrogens with one attached hydrogen (secondary N) is 3. The average molecular weight is 454 g/mol. The molecule has 1 aromatic carbocycles. The first-order valence-corrected chi connectivity index (χ1v) is 10.6. The smallest absolute Gasteiger partial charge is 0.325 e. The molecule has 0 fully saturated rings. The van der Waals surface area contributed by atoms with E-state index in [4.69, 9.17) is 16.3 Å². The standard InChI is InChI=1S/C19H24ClN5O4S/c1-4-11(3)15(22-18(28)21-10-14(26)29-5-2)16(27)23-19-25-24-17(30-19)12-6-8-13(20)9-7-12/h6-9,11,15H,4-5,10H2,1-3H3,(H2,21,22,28)(H,23,25,27). The minimum atomic E-state index is -0.819. The van der Waals surface area contributed by atoms with Crippen molar-refractivity contribution in [2.24, 2.45) is 5.92 Å². The SMILES string of the molecule is CCOC(=O)CNC(=O)NC(C(=O)Nc1nnc(-c2ccc(Cl)cc2)s1)C(C)CC. The predicted molar refractivity (Wildman–Crippen MR) is 115 cm³/mol. The van der Waals surface area contributed by atoms with Crippen LogP contribution in [0.2, 0.25) is 5.02 Å². The number of aromatic nitrogens is 2. The molecule has 162 valence electrons. The molecule has 1 heterocycles. The Hall–Kier alpha value is -2.72. The molecule has 0 aliphatic rings. The van der Waals surface area contributed by atoms with Crippen molar-refractivity contribution in [3.05, 3.63) is 29.3 Å². The fourth-order valence-electron chi connectivity index (χ4n) is 2.42. The maximum absolute atomic E-state index is 12.8. The molecule has 2 atom stereocenters. The Morgan fingerprint density at radius 1 is 1.17 bits per heavy atom. The zero-order chi connectivity index (χ0) is 22.1. The van der Waals surface area contributed by atoms with Crippen LogP contribution in [0.15, 0.2) is 24.3 Å². The number of hydrogen-bond donors (Lipinski definition) is 3. The highest BCUT2D eigenvalue weighted by molar-refractivity contribution is 7.18. The van der Waals surface area contributed by atoms with Gasteiger partial charge in [-0.2, -0.15) is 0 Å². The maximum atomic E-state index is 12.8. The Kier molecular flexibility index (Phi) is 9.00. The van der Waals surface area contributed by atoms with Crippen molar-refractivity contribution in [1.82, 2.24) is 20.8 Å². The van der Waals surface area contributed by atoms with Crippen LogP contribution in [-0.4, -0.2) is 47.3 Å². The van der Waals surface area contributed by atoms with Gasteiger partial charge in [0.15, 0.2) is 0 Å². The quantitative estimate of drug-likeness (QED) is 0.501. The predicted octanol–water partition coefficient (Wildman–Crippen LogP) is 3.07. The van der Waals surface area contributed by atoms with Crippen molar-refractivity contribution in [3.63, 3.8) is 0 Å². The zero-order valence-corrected chi connectivity index (χ0v) is 18.5. The number of anilines is 1. The number of benzene rings is 1. The summed E-state index contributed by atoms with van der Waals surface area (Å²) in [4.78, 5) is 36.2. The second-order valence-corrected chi connectivity index (χ2v) is 7.82. The normalized spacial score (nSPS) is 12.5. The van der Waals surface area contributed by atoms with Gasteiger partial charge in [0.1, 0.15) is 17.6 Å². The monoisotopic (exact) mass is 453 g/mol. The number of rotatable bonds is 9. The molecule has 3 amide bonds. The Morgan fingerprint density at radius 3 is 2.50 bits per heavy atom. The second kappa shape index (κ2) is 11.5. The van der Waals surface area contributed by atoms with Gasteiger partial charge in [-0.15, -0.1) is 10.2 Å². The number of carbonyl (C=O) groups is 3. The summed E-state index contributed by atoms with van der Waals surface area (Å²) in [6.45, 7) is 5.37. The van der Waals surface area contributed by atoms with Gasteiger partial charge in [0, 0.05) is 10.6 Å². The summed E-state index contributed by atoms with van der Waals surface area (Å²) in [7, 11) is 0. The first kappa shape index (κ1) is 23.6. The molecule has 9 nitrogen and oxygen atoms in total. The molecule has 0 spiro atoms. The van der Waals surface area contributed by atoms with Gasteiger partial charge in [0.25, 0.3) is 0 Å². The molecule has 0 saturated carbocycles. The van der Waals surface area contributed by atoms with Gasteiger partial charge in [-0.1, -0.05) is 55.3 Å². The summed E-state index contributed by atoms with van der Waals surface area (Å²) in [5.41, 5.74) is 0.826. The van der Waals surface area contributed by atoms with Crippen molar-refractivity contribution in [2.45, 2.75) is 33.2 Å². The molecule has 11 heteroatoms. The lowest BCUT2D eigenvalue weighted by Gasteiger charge is -2.23. The van der Waals surface area contributed by atoms with Gasteiger partial charge in [-0.05, 0) is 25.0 Å². The highest BCUT2D eigenvalue weighted by Crippen LogP contribution is 2.27. The Balaban J connectivity index is 2.00. The van der Waals surface area contributed by atoms with E-state index < -0.39 is 23.9 Å². The minimum Gasteiger partial charge on any atom is -0.465 e. The van der Waals surface area contributed by atoms with Crippen LogP contribution in [0.4, 0.5) is 9.93 Å². The molecule has 0 saturated heterocycles. The molecule has 0 aliphatic heterocycles. The van der Waals surface area contributed by atoms with Crippen LogP contribution in [0.25, 0.3) is 10.6 Å². The van der Waals surface area contributed by atoms with Gasteiger partial charge in [-0.25, -0.2) is 4.79 Å². The van der Waals surface area contributed by atoms with Gasteiger partial charge >= 0.3 is 12.0 Å². The molecule has 2 unspecified atom stereocenters. The van der Waals surface area contributed by atoms with E-state index in [1.54, 1.807) is 19.1 Å². The molecule has 0 radical (unpaired) electrons. The summed E-state index contributed by atoms with van der Waals surface area (Å²) in [6, 6.07) is 5.66. The average Bonchev–Trinajstić information content (AvgIpc) is 3.19. The Bertz CT molecular complexity index is 874. The van der Waals surface area contributed by atoms with E-state index in [-0.39, 0.29) is 19.1 Å². The first-order valence-electron chi connectivity index (χ1n) is 9.44. The van der Waals surface area contributed by atoms with Crippen molar-refractivity contribution < 1.29 is 19.1 Å². The van der Waals surface area contributed by atoms with Crippen molar-refractivity contribution in [1.29, 1.82) is 0 Å². The van der Waals surface area contributed by atoms with Crippen LogP contribution in [0.1, 0.15) is 27.2 Å². The highest BCUT2D eigenvalue weighted by Gasteiger charge is 2.27. The number of hydrogen-bond acceptors (Lipinski definition) is 7. The van der Waals surface area contributed by atoms with Crippen LogP contribution >= 0.6 is 22.9 Å². The maximum Gasteiger partial charge on any atom is 0.325 e. The lowest BCUT2D eigenvalue weighted by atomic mass is 9.98. The van der Waals surface area contributed by atoms with Crippen LogP contribution < -0.4 is 16.0 Å². The van der Waals surface area contributed by atoms with Crippen molar-refractivity contribution >= 4 is 46.0 Å². The molecule has 3 N–H and O–H groups in total. The lowest BCUT2D eigenvalue weighted by Crippen LogP contribution is -2.51. The number of amides is 3. The fourth-order valence-corrected chi connectivity index (χ4v) is 3.30. The lowest BCUT2D eigenvalue weighted by molar-refractivity contribution is -0.141. The third-order valence-electron chi connectivity index (χ3n) is 4.23. The summed E-state index contributed by atoms with van der Waals surface area (Å²) >= 11 is 7.10. The number of ether oxygens (including phenoxy) is 1. The van der Waals surface area contributed by atoms with Crippen molar-refractivity contribution in [2.75, 3.05) is 18.5 Å². The molecular weight excluding hydrogens is 430 g/mol. The fraction of sp³-hybridized carbons (Fsp3) is 0.421. The second-order valence-electron chi connectivity index (χ2n) is 6.40. The van der Waals surface area contributed by atoms with Crippen molar-refractivity contribution in [3.8, 4) is 10.6 Å². The largest absolute Gasteiger partial charge is 0.465 e. The third kappa shape index (κ3) is 6.96. The van der Waals surface area contributed by atoms with E-state index in [2.05, 4.69) is 26.1 Å². The molecule has 0 bridgehead atoms. The topological polar surface area (TPSA) is 122 Å². The Morgan fingerprint density at radius 2 is 1.87 bits per heavy atom. The van der Waals surface area contributed by atoms with E-state index in [9.17, 15) is 14.4 Å². The van der Waals surface area contributed by atoms with E-state index >= 15 is 0 Å². The molecule has 1 aromatic heterocycles. The minimum absolute atomic E-state index is 0.151. The molecule has 30 heavy (non-hydrogen) atoms. The van der Waals surface area contributed by atoms with E-state index in [0.29, 0.717) is 21.6 Å². The summed E-state index contributed by atoms with van der Waals surface area (Å²) in [5.74, 6) is -1.13. The van der Waals surface area contributed by atoms with Crippen LogP contribution in [0, 0.1) is 5.92 Å². The van der Waals surface area contributed by atoms with Crippen LogP contribution in [0.5, 0.6) is 0 Å². The van der Waals surface area contributed by atoms with Gasteiger partial charge in [0.05, 0.1) is 6.61 Å². The first-order chi connectivity index (χ1) is 14.3. The van der Waals surface area contributed by atoms with Gasteiger partial charge < -0.3 is 15.4 Å². The highest BCUT2D eigenvalue weighted by atomic mass is 35.5. The molecule has 0 aliphatic carbocycles. The van der Waals surface area contributed by atoms with Crippen LogP contribution in [-0.2, 0) is 14.3 Å². The van der Waals surface area contributed by atoms with Crippen LogP contribution in [0.3, 0.4) is 0 Å². The molecular formula is C19H24ClN5O4S. The van der Waals surface area contributed by atoms with Gasteiger partial charge in [0.2, 0.25) is 11.0 Å². The number of urea groups is 1. The van der Waals surface area contributed by atoms with E-state index in [1.165, 1.54) is 11.3 Å². The third-order valence-corrected chi connectivity index (χ3v) is 5.37. The summed E-state index contributed by atoms with van der Waals surface area (Å²) < 4.78 is 4.76. The number of carbonyl (C=O) groups excluding carboxylic acids is 3. The number of esters is 1. The Labute approximate surface area is 183 Å². The molecule has 2 aromatic rings. The number of halogens is 1.